The summed E-state index contributed by atoms with van der Waals surface area (Å²) in [5.41, 5.74) is 8.27. The summed E-state index contributed by atoms with van der Waals surface area (Å²) in [6, 6.07) is -0.468. The monoisotopic (exact) mass is 211 g/mol. The lowest BCUT2D eigenvalue weighted by Gasteiger charge is -2.06. The molecule has 0 aliphatic heterocycles. The van der Waals surface area contributed by atoms with E-state index in [9.17, 15) is 4.79 Å². The summed E-state index contributed by atoms with van der Waals surface area (Å²) in [4.78, 5) is 15.6. The van der Waals surface area contributed by atoms with E-state index in [1.165, 1.54) is 24.2 Å². The molecule has 1 unspecified atom stereocenters. The van der Waals surface area contributed by atoms with Gasteiger partial charge in [0.25, 0.3) is 0 Å². The number of amides is 1. The number of nitrogens with one attached hydrogen (secondary N) is 1. The van der Waals surface area contributed by atoms with Gasteiger partial charge in [0.15, 0.2) is 0 Å². The number of carbonyl (C=O) groups is 1. The minimum absolute atomic E-state index is 0.142. The first-order valence-corrected chi connectivity index (χ1v) is 5.56. The Bertz CT molecular complexity index is 344. The van der Waals surface area contributed by atoms with Crippen molar-refractivity contribution in [1.29, 1.82) is 0 Å². The van der Waals surface area contributed by atoms with Gasteiger partial charge in [-0.15, -0.1) is 11.3 Å². The molecule has 14 heavy (non-hydrogen) atoms. The zero-order valence-corrected chi connectivity index (χ0v) is 8.80. The lowest BCUT2D eigenvalue weighted by atomic mass is 10.3. The van der Waals surface area contributed by atoms with Gasteiger partial charge in [-0.05, 0) is 19.8 Å². The summed E-state index contributed by atoms with van der Waals surface area (Å²) in [5, 5.41) is 3.67. The molecule has 1 fully saturated rings. The Morgan fingerprint density at radius 3 is 3.07 bits per heavy atom. The van der Waals surface area contributed by atoms with Crippen molar-refractivity contribution in [3.63, 3.8) is 0 Å². The fourth-order valence-corrected chi connectivity index (χ4v) is 1.99. The number of hydrogen-bond acceptors (Lipinski definition) is 4. The van der Waals surface area contributed by atoms with Crippen LogP contribution in [0.15, 0.2) is 5.51 Å². The van der Waals surface area contributed by atoms with E-state index in [0.717, 1.165) is 10.7 Å². The van der Waals surface area contributed by atoms with Crippen molar-refractivity contribution in [2.75, 3.05) is 5.32 Å². The van der Waals surface area contributed by atoms with Gasteiger partial charge in [-0.3, -0.25) is 4.79 Å². The van der Waals surface area contributed by atoms with Crippen LogP contribution in [0.1, 0.15) is 31.4 Å². The fourth-order valence-electron chi connectivity index (χ4n) is 1.22. The Hall–Kier alpha value is -0.940. The van der Waals surface area contributed by atoms with Crippen LogP contribution in [-0.2, 0) is 4.79 Å². The minimum atomic E-state index is -0.468. The van der Waals surface area contributed by atoms with Gasteiger partial charge in [0.2, 0.25) is 5.91 Å². The number of rotatable bonds is 3. The van der Waals surface area contributed by atoms with Crippen LogP contribution in [0, 0.1) is 0 Å². The van der Waals surface area contributed by atoms with Crippen molar-refractivity contribution in [3.05, 3.63) is 11.2 Å². The molecule has 0 bridgehead atoms. The first kappa shape index (κ1) is 9.61. The number of aromatic nitrogens is 1. The Morgan fingerprint density at radius 1 is 1.79 bits per heavy atom. The predicted octanol–water partition coefficient (Wildman–Crippen LogP) is 1.31. The van der Waals surface area contributed by atoms with Crippen LogP contribution in [0.2, 0.25) is 0 Å². The molecule has 1 aromatic heterocycles. The molecule has 2 rings (SSSR count). The van der Waals surface area contributed by atoms with E-state index in [-0.39, 0.29) is 5.91 Å². The van der Waals surface area contributed by atoms with Crippen LogP contribution < -0.4 is 11.1 Å². The third-order valence-corrected chi connectivity index (χ3v) is 2.97. The third kappa shape index (κ3) is 1.93. The highest BCUT2D eigenvalue weighted by Crippen LogP contribution is 2.43. The SMILES string of the molecule is CC(N)C(=O)Nc1scnc1C1CC1. The number of nitrogens with zero attached hydrogens (tertiary/aromatic N) is 1. The molecule has 1 aliphatic rings. The van der Waals surface area contributed by atoms with E-state index in [0.29, 0.717) is 5.92 Å². The molecule has 0 saturated heterocycles. The summed E-state index contributed by atoms with van der Waals surface area (Å²) in [6.07, 6.45) is 2.37. The van der Waals surface area contributed by atoms with Gasteiger partial charge >= 0.3 is 0 Å². The molecule has 0 aromatic carbocycles. The number of thiazole rings is 1. The summed E-state index contributed by atoms with van der Waals surface area (Å²) in [5.74, 6) is 0.417. The van der Waals surface area contributed by atoms with E-state index < -0.39 is 6.04 Å². The number of anilines is 1. The van der Waals surface area contributed by atoms with E-state index in [1.807, 2.05) is 0 Å². The maximum atomic E-state index is 11.3. The summed E-state index contributed by atoms with van der Waals surface area (Å²) < 4.78 is 0. The van der Waals surface area contributed by atoms with E-state index in [4.69, 9.17) is 5.73 Å². The maximum Gasteiger partial charge on any atom is 0.241 e. The van der Waals surface area contributed by atoms with Crippen molar-refractivity contribution < 1.29 is 4.79 Å². The average molecular weight is 211 g/mol. The molecule has 1 atom stereocenters. The molecule has 4 nitrogen and oxygen atoms in total. The molecule has 1 aliphatic carbocycles. The van der Waals surface area contributed by atoms with Gasteiger partial charge in [0.1, 0.15) is 5.00 Å². The average Bonchev–Trinajstić information content (AvgIpc) is 2.88. The second-order valence-electron chi connectivity index (χ2n) is 3.62. The normalized spacial score (nSPS) is 17.9. The first-order chi connectivity index (χ1) is 6.68. The molecule has 1 heterocycles. The summed E-state index contributed by atoms with van der Waals surface area (Å²) >= 11 is 1.46. The summed E-state index contributed by atoms with van der Waals surface area (Å²) in [7, 11) is 0. The highest BCUT2D eigenvalue weighted by molar-refractivity contribution is 7.14. The van der Waals surface area contributed by atoms with Crippen LogP contribution in [0.5, 0.6) is 0 Å². The molecular formula is C9H13N3OS. The van der Waals surface area contributed by atoms with Crippen molar-refractivity contribution in [1.82, 2.24) is 4.98 Å². The fraction of sp³-hybridized carbons (Fsp3) is 0.556. The first-order valence-electron chi connectivity index (χ1n) is 4.68. The number of hydrogen-bond donors (Lipinski definition) is 2. The lowest BCUT2D eigenvalue weighted by molar-refractivity contribution is -0.117. The second kappa shape index (κ2) is 3.67. The molecule has 1 saturated carbocycles. The van der Waals surface area contributed by atoms with Crippen LogP contribution in [-0.4, -0.2) is 16.9 Å². The summed E-state index contributed by atoms with van der Waals surface area (Å²) in [6.45, 7) is 1.67. The van der Waals surface area contributed by atoms with Crippen molar-refractivity contribution in [2.45, 2.75) is 31.7 Å². The number of carbonyl (C=O) groups excluding carboxylic acids is 1. The minimum Gasteiger partial charge on any atom is -0.320 e. The Morgan fingerprint density at radius 2 is 2.50 bits per heavy atom. The predicted molar refractivity (Wildman–Crippen MR) is 56.4 cm³/mol. The van der Waals surface area contributed by atoms with Gasteiger partial charge in [-0.25, -0.2) is 4.98 Å². The largest absolute Gasteiger partial charge is 0.320 e. The smallest absolute Gasteiger partial charge is 0.241 e. The molecule has 0 radical (unpaired) electrons. The molecule has 1 aromatic rings. The van der Waals surface area contributed by atoms with Gasteiger partial charge < -0.3 is 11.1 Å². The van der Waals surface area contributed by atoms with E-state index in [2.05, 4.69) is 10.3 Å². The van der Waals surface area contributed by atoms with Crippen molar-refractivity contribution >= 4 is 22.2 Å². The van der Waals surface area contributed by atoms with Gasteiger partial charge in [-0.2, -0.15) is 0 Å². The maximum absolute atomic E-state index is 11.3. The van der Waals surface area contributed by atoms with Gasteiger partial charge in [-0.1, -0.05) is 0 Å². The molecular weight excluding hydrogens is 198 g/mol. The molecule has 76 valence electrons. The van der Waals surface area contributed by atoms with E-state index >= 15 is 0 Å². The molecule has 5 heteroatoms. The molecule has 1 amide bonds. The third-order valence-electron chi connectivity index (χ3n) is 2.21. The molecule has 3 N–H and O–H groups in total. The quantitative estimate of drug-likeness (QED) is 0.792. The van der Waals surface area contributed by atoms with Gasteiger partial charge in [0, 0.05) is 5.92 Å². The van der Waals surface area contributed by atoms with Crippen LogP contribution in [0.25, 0.3) is 0 Å². The number of nitrogens with two attached hydrogens (primary N) is 1. The zero-order chi connectivity index (χ0) is 10.1. The lowest BCUT2D eigenvalue weighted by Crippen LogP contribution is -2.32. The highest BCUT2D eigenvalue weighted by atomic mass is 32.1. The second-order valence-corrected chi connectivity index (χ2v) is 4.47. The molecule has 0 spiro atoms. The van der Waals surface area contributed by atoms with Crippen molar-refractivity contribution in [2.24, 2.45) is 5.73 Å². The van der Waals surface area contributed by atoms with Crippen LogP contribution in [0.4, 0.5) is 5.00 Å². The standard InChI is InChI=1S/C9H13N3OS/c1-5(10)8(13)12-9-7(6-2-3-6)11-4-14-9/h4-6H,2-3,10H2,1H3,(H,12,13). The van der Waals surface area contributed by atoms with Crippen LogP contribution in [0.3, 0.4) is 0 Å². The Labute approximate surface area is 86.5 Å². The van der Waals surface area contributed by atoms with Crippen molar-refractivity contribution in [3.8, 4) is 0 Å². The van der Waals surface area contributed by atoms with Crippen LogP contribution >= 0.6 is 11.3 Å². The van der Waals surface area contributed by atoms with Gasteiger partial charge in [0.05, 0.1) is 17.2 Å². The highest BCUT2D eigenvalue weighted by Gasteiger charge is 2.29. The zero-order valence-electron chi connectivity index (χ0n) is 7.99. The Kier molecular flexibility index (Phi) is 2.52. The van der Waals surface area contributed by atoms with E-state index in [1.54, 1.807) is 12.4 Å². The Balaban J connectivity index is 2.08. The topological polar surface area (TPSA) is 68.0 Å².